The van der Waals surface area contributed by atoms with Gasteiger partial charge in [0.2, 0.25) is 5.91 Å². The maximum absolute atomic E-state index is 12.0. The molecule has 0 atom stereocenters. The summed E-state index contributed by atoms with van der Waals surface area (Å²) in [5.74, 6) is -0.135. The minimum absolute atomic E-state index is 0.135. The predicted molar refractivity (Wildman–Crippen MR) is 98.0 cm³/mol. The van der Waals surface area contributed by atoms with Crippen LogP contribution < -0.4 is 10.6 Å². The molecule has 0 bridgehead atoms. The van der Waals surface area contributed by atoms with Gasteiger partial charge in [-0.3, -0.25) is 4.79 Å². The van der Waals surface area contributed by atoms with Crippen molar-refractivity contribution in [2.75, 3.05) is 23.8 Å². The van der Waals surface area contributed by atoms with Crippen molar-refractivity contribution in [2.24, 2.45) is 0 Å². The highest BCUT2D eigenvalue weighted by Gasteiger charge is 2.13. The molecular formula is C20H22N2O2. The van der Waals surface area contributed by atoms with Gasteiger partial charge in [0, 0.05) is 36.7 Å². The van der Waals surface area contributed by atoms with E-state index >= 15 is 0 Å². The summed E-state index contributed by atoms with van der Waals surface area (Å²) in [5, 5.41) is 6.37. The topological polar surface area (TPSA) is 50.4 Å². The highest BCUT2D eigenvalue weighted by atomic mass is 16.5. The molecular weight excluding hydrogens is 300 g/mol. The van der Waals surface area contributed by atoms with E-state index in [0.717, 1.165) is 43.0 Å². The molecule has 1 fully saturated rings. The van der Waals surface area contributed by atoms with Crippen LogP contribution in [0.3, 0.4) is 0 Å². The zero-order valence-electron chi connectivity index (χ0n) is 13.6. The summed E-state index contributed by atoms with van der Waals surface area (Å²) in [4.78, 5) is 12.0. The van der Waals surface area contributed by atoms with Gasteiger partial charge in [-0.1, -0.05) is 30.3 Å². The van der Waals surface area contributed by atoms with E-state index < -0.39 is 0 Å². The molecule has 1 aliphatic heterocycles. The largest absolute Gasteiger partial charge is 0.382 e. The fourth-order valence-corrected chi connectivity index (χ4v) is 2.65. The Balaban J connectivity index is 1.51. The number of rotatable bonds is 5. The first-order valence-corrected chi connectivity index (χ1v) is 8.28. The fourth-order valence-electron chi connectivity index (χ4n) is 2.65. The van der Waals surface area contributed by atoms with Gasteiger partial charge in [0.05, 0.1) is 0 Å². The van der Waals surface area contributed by atoms with E-state index in [0.29, 0.717) is 6.04 Å². The van der Waals surface area contributed by atoms with Gasteiger partial charge in [0.1, 0.15) is 0 Å². The summed E-state index contributed by atoms with van der Waals surface area (Å²) in [6, 6.07) is 18.0. The number of hydrogen-bond acceptors (Lipinski definition) is 3. The molecule has 0 saturated carbocycles. The highest BCUT2D eigenvalue weighted by Crippen LogP contribution is 2.18. The number of carbonyl (C=O) groups excluding carboxylic acids is 1. The third-order valence-corrected chi connectivity index (χ3v) is 3.97. The Morgan fingerprint density at radius 1 is 0.958 bits per heavy atom. The van der Waals surface area contributed by atoms with E-state index in [-0.39, 0.29) is 5.91 Å². The van der Waals surface area contributed by atoms with Crippen molar-refractivity contribution in [2.45, 2.75) is 18.9 Å². The normalized spacial score (nSPS) is 15.3. The summed E-state index contributed by atoms with van der Waals surface area (Å²) in [6.07, 6.45) is 5.41. The molecule has 2 N–H and O–H groups in total. The predicted octanol–water partition coefficient (Wildman–Crippen LogP) is 3.93. The van der Waals surface area contributed by atoms with Crippen molar-refractivity contribution in [3.63, 3.8) is 0 Å². The van der Waals surface area contributed by atoms with Gasteiger partial charge in [0.15, 0.2) is 0 Å². The maximum Gasteiger partial charge on any atom is 0.248 e. The van der Waals surface area contributed by atoms with Gasteiger partial charge in [-0.25, -0.2) is 0 Å². The Kier molecular flexibility index (Phi) is 5.64. The first-order valence-electron chi connectivity index (χ1n) is 8.28. The lowest BCUT2D eigenvalue weighted by Gasteiger charge is -2.24. The van der Waals surface area contributed by atoms with E-state index in [9.17, 15) is 4.79 Å². The molecule has 0 aliphatic carbocycles. The lowest BCUT2D eigenvalue weighted by Crippen LogP contribution is -2.27. The van der Waals surface area contributed by atoms with Crippen LogP contribution in [0.15, 0.2) is 60.7 Å². The van der Waals surface area contributed by atoms with Gasteiger partial charge < -0.3 is 15.4 Å². The first-order chi connectivity index (χ1) is 11.8. The van der Waals surface area contributed by atoms with Crippen molar-refractivity contribution in [1.29, 1.82) is 0 Å². The minimum Gasteiger partial charge on any atom is -0.382 e. The van der Waals surface area contributed by atoms with Crippen molar-refractivity contribution in [1.82, 2.24) is 0 Å². The monoisotopic (exact) mass is 322 g/mol. The van der Waals surface area contributed by atoms with Crippen LogP contribution in [0.25, 0.3) is 6.08 Å². The zero-order chi connectivity index (χ0) is 16.6. The average Bonchev–Trinajstić information content (AvgIpc) is 2.63. The number of benzene rings is 2. The molecule has 24 heavy (non-hydrogen) atoms. The summed E-state index contributed by atoms with van der Waals surface area (Å²) in [6.45, 7) is 1.64. The van der Waals surface area contributed by atoms with Gasteiger partial charge in [-0.15, -0.1) is 0 Å². The third-order valence-electron chi connectivity index (χ3n) is 3.97. The molecule has 3 rings (SSSR count). The molecule has 1 aliphatic rings. The van der Waals surface area contributed by atoms with Gasteiger partial charge in [0.25, 0.3) is 0 Å². The van der Waals surface area contributed by atoms with E-state index in [1.807, 2.05) is 54.6 Å². The Labute approximate surface area is 142 Å². The summed E-state index contributed by atoms with van der Waals surface area (Å²) in [7, 11) is 0. The van der Waals surface area contributed by atoms with Crippen LogP contribution in [0.5, 0.6) is 0 Å². The maximum atomic E-state index is 12.0. The molecule has 4 heteroatoms. The molecule has 0 unspecified atom stereocenters. The number of anilines is 2. The lowest BCUT2D eigenvalue weighted by molar-refractivity contribution is -0.111. The smallest absolute Gasteiger partial charge is 0.248 e. The number of nitrogens with one attached hydrogen (secondary N) is 2. The zero-order valence-corrected chi connectivity index (χ0v) is 13.6. The minimum atomic E-state index is -0.135. The second-order valence-electron chi connectivity index (χ2n) is 5.84. The first kappa shape index (κ1) is 16.3. The van der Waals surface area contributed by atoms with Crippen molar-refractivity contribution >= 4 is 23.4 Å². The van der Waals surface area contributed by atoms with Gasteiger partial charge in [-0.05, 0) is 48.7 Å². The van der Waals surface area contributed by atoms with Crippen LogP contribution in [0.1, 0.15) is 18.4 Å². The van der Waals surface area contributed by atoms with Crippen LogP contribution in [0.4, 0.5) is 11.4 Å². The average molecular weight is 322 g/mol. The molecule has 1 amide bonds. The molecule has 4 nitrogen and oxygen atoms in total. The van der Waals surface area contributed by atoms with Crippen LogP contribution in [-0.4, -0.2) is 25.2 Å². The Hall–Kier alpha value is -2.59. The Morgan fingerprint density at radius 2 is 1.62 bits per heavy atom. The molecule has 2 aromatic rings. The number of amides is 1. The summed E-state index contributed by atoms with van der Waals surface area (Å²) >= 11 is 0. The quantitative estimate of drug-likeness (QED) is 0.820. The third kappa shape index (κ3) is 4.96. The molecule has 0 radical (unpaired) electrons. The summed E-state index contributed by atoms with van der Waals surface area (Å²) in [5.41, 5.74) is 2.86. The molecule has 2 aromatic carbocycles. The van der Waals surface area contributed by atoms with Crippen molar-refractivity contribution in [3.05, 3.63) is 66.2 Å². The molecule has 0 aromatic heterocycles. The number of hydrogen-bond donors (Lipinski definition) is 2. The number of ether oxygens (including phenoxy) is 1. The van der Waals surface area contributed by atoms with Gasteiger partial charge in [-0.2, -0.15) is 0 Å². The Bertz CT molecular complexity index is 675. The fraction of sp³-hybridized carbons (Fsp3) is 0.250. The van der Waals surface area contributed by atoms with Crippen LogP contribution in [0.2, 0.25) is 0 Å². The van der Waals surface area contributed by atoms with Gasteiger partial charge >= 0.3 is 0 Å². The molecule has 1 heterocycles. The summed E-state index contributed by atoms with van der Waals surface area (Å²) < 4.78 is 5.36. The van der Waals surface area contributed by atoms with E-state index in [1.54, 1.807) is 12.2 Å². The van der Waals surface area contributed by atoms with Crippen LogP contribution in [-0.2, 0) is 9.53 Å². The van der Waals surface area contributed by atoms with E-state index in [4.69, 9.17) is 4.74 Å². The standard InChI is InChI=1S/C20H22N2O2/c23-20(11-6-16-4-2-1-3-5-16)22-18-9-7-17(8-10-18)21-19-12-14-24-15-13-19/h1-11,19,21H,12-15H2,(H,22,23)/b11-6-. The number of carbonyl (C=O) groups is 1. The van der Waals surface area contributed by atoms with E-state index in [1.165, 1.54) is 0 Å². The van der Waals surface area contributed by atoms with Crippen LogP contribution in [0, 0.1) is 0 Å². The highest BCUT2D eigenvalue weighted by molar-refractivity contribution is 6.01. The van der Waals surface area contributed by atoms with Crippen molar-refractivity contribution in [3.8, 4) is 0 Å². The molecule has 124 valence electrons. The second-order valence-corrected chi connectivity index (χ2v) is 5.84. The lowest BCUT2D eigenvalue weighted by atomic mass is 10.1. The Morgan fingerprint density at radius 3 is 2.33 bits per heavy atom. The molecule has 1 saturated heterocycles. The van der Waals surface area contributed by atoms with Crippen molar-refractivity contribution < 1.29 is 9.53 Å². The second kappa shape index (κ2) is 8.31. The molecule has 0 spiro atoms. The van der Waals surface area contributed by atoms with Crippen LogP contribution >= 0.6 is 0 Å². The van der Waals surface area contributed by atoms with E-state index in [2.05, 4.69) is 10.6 Å². The SMILES string of the molecule is O=C(/C=C\c1ccccc1)Nc1ccc(NC2CCOCC2)cc1.